The number of benzene rings is 1. The second-order valence-corrected chi connectivity index (χ2v) is 6.86. The molecule has 1 amide bonds. The van der Waals surface area contributed by atoms with Gasteiger partial charge >= 0.3 is 12.1 Å². The van der Waals surface area contributed by atoms with Gasteiger partial charge in [-0.2, -0.15) is 0 Å². The van der Waals surface area contributed by atoms with E-state index >= 15 is 0 Å². The van der Waals surface area contributed by atoms with Crippen molar-refractivity contribution >= 4 is 17.8 Å². The van der Waals surface area contributed by atoms with Gasteiger partial charge in [0.15, 0.2) is 11.8 Å². The van der Waals surface area contributed by atoms with E-state index in [1.165, 1.54) is 12.0 Å². The molecule has 0 N–H and O–H groups in total. The Morgan fingerprint density at radius 2 is 1.71 bits per heavy atom. The van der Waals surface area contributed by atoms with Crippen LogP contribution in [0.1, 0.15) is 39.3 Å². The fourth-order valence-corrected chi connectivity index (χ4v) is 2.92. The summed E-state index contributed by atoms with van der Waals surface area (Å²) in [5, 5.41) is 0. The molecule has 1 fully saturated rings. The second kappa shape index (κ2) is 6.63. The highest BCUT2D eigenvalue weighted by molar-refractivity contribution is 6.08. The third kappa shape index (κ3) is 3.42. The zero-order valence-corrected chi connectivity index (χ0v) is 14.6. The number of carbonyl (C=O) groups is 3. The molecule has 0 aromatic heterocycles. The average Bonchev–Trinajstić information content (AvgIpc) is 2.78. The van der Waals surface area contributed by atoms with Gasteiger partial charge in [-0.05, 0) is 26.3 Å². The molecule has 0 spiro atoms. The molecule has 1 saturated heterocycles. The molecule has 0 bridgehead atoms. The van der Waals surface area contributed by atoms with Crippen LogP contribution < -0.4 is 0 Å². The zero-order chi connectivity index (χ0) is 18.1. The molecular formula is C18H23NO5. The minimum Gasteiger partial charge on any atom is -0.467 e. The van der Waals surface area contributed by atoms with Crippen molar-refractivity contribution in [3.63, 3.8) is 0 Å². The third-order valence-electron chi connectivity index (χ3n) is 3.94. The third-order valence-corrected chi connectivity index (χ3v) is 3.94. The van der Waals surface area contributed by atoms with E-state index in [1.807, 2.05) is 30.3 Å². The molecule has 130 valence electrons. The fourth-order valence-electron chi connectivity index (χ4n) is 2.92. The Labute approximate surface area is 141 Å². The predicted octanol–water partition coefficient (Wildman–Crippen LogP) is 2.73. The molecule has 1 unspecified atom stereocenters. The van der Waals surface area contributed by atoms with Crippen LogP contribution in [0.25, 0.3) is 0 Å². The van der Waals surface area contributed by atoms with Crippen LogP contribution in [-0.4, -0.2) is 41.5 Å². The first kappa shape index (κ1) is 18.0. The number of ether oxygens (including phenoxy) is 2. The number of likely N-dealkylation sites (tertiary alicyclic amines) is 1. The Kier molecular flexibility index (Phi) is 4.96. The summed E-state index contributed by atoms with van der Waals surface area (Å²) in [6.07, 6.45) is -0.704. The lowest BCUT2D eigenvalue weighted by molar-refractivity contribution is -0.149. The largest absolute Gasteiger partial charge is 0.467 e. The van der Waals surface area contributed by atoms with Crippen molar-refractivity contribution < 1.29 is 23.9 Å². The van der Waals surface area contributed by atoms with Crippen LogP contribution in [0.2, 0.25) is 0 Å². The minimum atomic E-state index is -1.29. The molecule has 1 aromatic carbocycles. The Balaban J connectivity index is 2.48. The number of amides is 1. The summed E-state index contributed by atoms with van der Waals surface area (Å²) in [4.78, 5) is 38.7. The van der Waals surface area contributed by atoms with Crippen LogP contribution in [0.3, 0.4) is 0 Å². The van der Waals surface area contributed by atoms with Crippen LogP contribution in [0.15, 0.2) is 30.3 Å². The van der Waals surface area contributed by atoms with E-state index in [2.05, 4.69) is 0 Å². The molecule has 1 aliphatic heterocycles. The summed E-state index contributed by atoms with van der Waals surface area (Å²) < 4.78 is 10.2. The minimum absolute atomic E-state index is 0.346. The number of Topliss-reactive ketones (excluding diaryl/α,β-unsaturated/α-hetero) is 1. The van der Waals surface area contributed by atoms with Crippen LogP contribution in [-0.2, 0) is 19.1 Å². The second-order valence-electron chi connectivity index (χ2n) is 6.86. The van der Waals surface area contributed by atoms with Gasteiger partial charge in [-0.15, -0.1) is 0 Å². The maximum absolute atomic E-state index is 12.7. The molecule has 6 heteroatoms. The average molecular weight is 333 g/mol. The van der Waals surface area contributed by atoms with Gasteiger partial charge in [-0.25, -0.2) is 9.59 Å². The van der Waals surface area contributed by atoms with Crippen molar-refractivity contribution in [1.29, 1.82) is 0 Å². The van der Waals surface area contributed by atoms with E-state index in [-0.39, 0.29) is 5.78 Å². The molecule has 0 radical (unpaired) electrons. The van der Waals surface area contributed by atoms with Gasteiger partial charge in [0.25, 0.3) is 0 Å². The lowest BCUT2D eigenvalue weighted by atomic mass is 9.94. The maximum atomic E-state index is 12.7. The summed E-state index contributed by atoms with van der Waals surface area (Å²) in [5.41, 5.74) is 0.0315. The Morgan fingerprint density at radius 1 is 1.12 bits per heavy atom. The van der Waals surface area contributed by atoms with Crippen molar-refractivity contribution in [1.82, 2.24) is 4.90 Å². The highest BCUT2D eigenvalue weighted by Gasteiger charge is 2.54. The topological polar surface area (TPSA) is 72.9 Å². The lowest BCUT2D eigenvalue weighted by Gasteiger charge is -2.31. The zero-order valence-electron chi connectivity index (χ0n) is 14.6. The van der Waals surface area contributed by atoms with E-state index in [4.69, 9.17) is 9.47 Å². The SMILES string of the molecule is COC(=O)[C@@H]1C(=O)C(C)[C@H](c2ccccc2)N1C(=O)OC(C)(C)C. The molecule has 0 aliphatic carbocycles. The molecule has 1 aliphatic rings. The van der Waals surface area contributed by atoms with Crippen LogP contribution >= 0.6 is 0 Å². The predicted molar refractivity (Wildman–Crippen MR) is 87.2 cm³/mol. The van der Waals surface area contributed by atoms with E-state index in [1.54, 1.807) is 27.7 Å². The molecule has 0 saturated carbocycles. The van der Waals surface area contributed by atoms with Gasteiger partial charge in [0.2, 0.25) is 0 Å². The number of carbonyl (C=O) groups excluding carboxylic acids is 3. The summed E-state index contributed by atoms with van der Waals surface area (Å²) in [6, 6.07) is 7.29. The van der Waals surface area contributed by atoms with Gasteiger partial charge in [0.1, 0.15) is 5.60 Å². The molecule has 1 heterocycles. The Bertz CT molecular complexity index is 635. The Morgan fingerprint density at radius 3 is 2.21 bits per heavy atom. The first-order chi connectivity index (χ1) is 11.2. The number of esters is 1. The summed E-state index contributed by atoms with van der Waals surface area (Å²) in [5.74, 6) is -1.64. The van der Waals surface area contributed by atoms with E-state index in [0.717, 1.165) is 5.56 Å². The van der Waals surface area contributed by atoms with Gasteiger partial charge in [-0.1, -0.05) is 37.3 Å². The molecule has 6 nitrogen and oxygen atoms in total. The number of hydrogen-bond donors (Lipinski definition) is 0. The maximum Gasteiger partial charge on any atom is 0.411 e. The van der Waals surface area contributed by atoms with Crippen LogP contribution in [0, 0.1) is 5.92 Å². The summed E-state index contributed by atoms with van der Waals surface area (Å²) in [6.45, 7) is 6.91. The van der Waals surface area contributed by atoms with E-state index in [0.29, 0.717) is 0 Å². The molecule has 3 atom stereocenters. The van der Waals surface area contributed by atoms with Crippen molar-refractivity contribution in [2.45, 2.75) is 45.4 Å². The molecule has 2 rings (SSSR count). The number of hydrogen-bond acceptors (Lipinski definition) is 5. The standard InChI is InChI=1S/C18H23NO5/c1-11-13(12-9-7-6-8-10-12)19(17(22)24-18(2,3)4)14(15(11)20)16(21)23-5/h6-11,13-14H,1-5H3/t11?,13-,14+/m1/s1. The van der Waals surface area contributed by atoms with Crippen molar-refractivity contribution in [2.75, 3.05) is 7.11 Å². The van der Waals surface area contributed by atoms with Crippen molar-refractivity contribution in [3.05, 3.63) is 35.9 Å². The van der Waals surface area contributed by atoms with Gasteiger partial charge in [0.05, 0.1) is 13.2 Å². The normalized spacial score (nSPS) is 24.0. The number of rotatable bonds is 2. The quantitative estimate of drug-likeness (QED) is 0.614. The van der Waals surface area contributed by atoms with Crippen LogP contribution in [0.4, 0.5) is 4.79 Å². The number of nitrogens with zero attached hydrogens (tertiary/aromatic N) is 1. The summed E-state index contributed by atoms with van der Waals surface area (Å²) in [7, 11) is 1.20. The molecule has 24 heavy (non-hydrogen) atoms. The van der Waals surface area contributed by atoms with Crippen LogP contribution in [0.5, 0.6) is 0 Å². The van der Waals surface area contributed by atoms with E-state index in [9.17, 15) is 14.4 Å². The number of methoxy groups -OCH3 is 1. The summed E-state index contributed by atoms with van der Waals surface area (Å²) >= 11 is 0. The van der Waals surface area contributed by atoms with E-state index < -0.39 is 35.7 Å². The first-order valence-electron chi connectivity index (χ1n) is 7.85. The smallest absolute Gasteiger partial charge is 0.411 e. The number of ketones is 1. The molecule has 1 aromatic rings. The first-order valence-corrected chi connectivity index (χ1v) is 7.85. The van der Waals surface area contributed by atoms with Crippen molar-refractivity contribution in [3.8, 4) is 0 Å². The molecular weight excluding hydrogens is 310 g/mol. The lowest BCUT2D eigenvalue weighted by Crippen LogP contribution is -2.47. The fraction of sp³-hybridized carbons (Fsp3) is 0.500. The van der Waals surface area contributed by atoms with Gasteiger partial charge < -0.3 is 9.47 Å². The van der Waals surface area contributed by atoms with Gasteiger partial charge in [0, 0.05) is 5.92 Å². The monoisotopic (exact) mass is 333 g/mol. The van der Waals surface area contributed by atoms with Crippen molar-refractivity contribution in [2.24, 2.45) is 5.92 Å². The Hall–Kier alpha value is -2.37. The highest BCUT2D eigenvalue weighted by atomic mass is 16.6. The van der Waals surface area contributed by atoms with Gasteiger partial charge in [-0.3, -0.25) is 9.69 Å². The highest BCUT2D eigenvalue weighted by Crippen LogP contribution is 2.39.